The highest BCUT2D eigenvalue weighted by atomic mass is 16.7. The Morgan fingerprint density at radius 2 is 1.66 bits per heavy atom. The van der Waals surface area contributed by atoms with Crippen LogP contribution in [-0.4, -0.2) is 130 Å². The van der Waals surface area contributed by atoms with E-state index in [9.17, 15) is 30.0 Å². The van der Waals surface area contributed by atoms with E-state index in [4.69, 9.17) is 28.4 Å². The molecule has 0 radical (unpaired) electrons. The maximum absolute atomic E-state index is 13.4. The molecule has 4 rings (SSSR count). The summed E-state index contributed by atoms with van der Waals surface area (Å²) in [6.45, 7) is 12.9. The lowest BCUT2D eigenvalue weighted by Crippen LogP contribution is -2.64. The zero-order chi connectivity index (χ0) is 37.1. The first-order chi connectivity index (χ1) is 23.5. The highest BCUT2D eigenvalue weighted by molar-refractivity contribution is 5.91. The topological polar surface area (TPSA) is 177 Å². The van der Waals surface area contributed by atoms with Crippen molar-refractivity contribution in [1.82, 2.24) is 4.90 Å². The SMILES string of the molecule is CCC1OC(=O)CC(O)C(C)C(OC2OC(C)C(OC3CCC(O)C(C)O3)C(N(C)C)C2O)C(C=CO)CC(C)C(=O)C=CC2(C)OC2C1C. The number of fused-ring (bicyclic) bond motifs is 1. The molecule has 0 spiro atoms. The Morgan fingerprint density at radius 3 is 2.28 bits per heavy atom. The van der Waals surface area contributed by atoms with Crippen LogP contribution in [0.4, 0.5) is 0 Å². The molecule has 4 aliphatic rings. The minimum Gasteiger partial charge on any atom is -0.516 e. The van der Waals surface area contributed by atoms with Gasteiger partial charge >= 0.3 is 5.97 Å². The fraction of sp³-hybridized carbons (Fsp3) is 0.838. The standard InChI is InChI=1S/C37H61NO12/c1-10-28-21(4)35-37(7,50-35)15-13-25(40)19(2)17-24(14-16-39)33(20(3)27(42)18-29(43)47-28)49-36-32(44)31(38(8)9)34(23(6)46-36)48-30-12-11-26(41)22(5)45-30/h13-16,19-24,26-28,30-36,39,41-42,44H,10-12,17-18H2,1-9H3. The van der Waals surface area contributed by atoms with Crippen molar-refractivity contribution in [2.24, 2.45) is 23.7 Å². The van der Waals surface area contributed by atoms with E-state index < -0.39 is 96.8 Å². The number of rotatable bonds is 7. The smallest absolute Gasteiger partial charge is 0.308 e. The Bertz CT molecular complexity index is 1200. The molecule has 0 aromatic heterocycles. The Kier molecular flexibility index (Phi) is 14.1. The lowest BCUT2D eigenvalue weighted by atomic mass is 9.81. The first-order valence-electron chi connectivity index (χ1n) is 18.2. The predicted molar refractivity (Wildman–Crippen MR) is 183 cm³/mol. The highest BCUT2D eigenvalue weighted by Gasteiger charge is 2.55. The van der Waals surface area contributed by atoms with Crippen LogP contribution in [0.15, 0.2) is 24.5 Å². The van der Waals surface area contributed by atoms with E-state index in [0.717, 1.165) is 6.26 Å². The average Bonchev–Trinajstić information content (AvgIpc) is 3.74. The van der Waals surface area contributed by atoms with Crippen LogP contribution in [0.3, 0.4) is 0 Å². The van der Waals surface area contributed by atoms with Gasteiger partial charge in [-0.3, -0.25) is 9.59 Å². The molecule has 0 amide bonds. The Hall–Kier alpha value is -1.94. The third-order valence-electron chi connectivity index (χ3n) is 11.2. The number of epoxide rings is 1. The van der Waals surface area contributed by atoms with Crippen molar-refractivity contribution in [2.75, 3.05) is 14.1 Å². The van der Waals surface area contributed by atoms with Gasteiger partial charge in [0.05, 0.1) is 55.3 Å². The number of hydrogen-bond donors (Lipinski definition) is 4. The summed E-state index contributed by atoms with van der Waals surface area (Å²) in [6, 6.07) is -0.601. The lowest BCUT2D eigenvalue weighted by Gasteiger charge is -2.49. The van der Waals surface area contributed by atoms with Crippen molar-refractivity contribution >= 4 is 11.8 Å². The Morgan fingerprint density at radius 1 is 0.960 bits per heavy atom. The fourth-order valence-corrected chi connectivity index (χ4v) is 7.81. The third kappa shape index (κ3) is 9.53. The summed E-state index contributed by atoms with van der Waals surface area (Å²) in [6.07, 6.45) is -0.895. The molecule has 286 valence electrons. The van der Waals surface area contributed by atoms with E-state index >= 15 is 0 Å². The summed E-state index contributed by atoms with van der Waals surface area (Å²) >= 11 is 0. The number of hydrogen-bond acceptors (Lipinski definition) is 13. The van der Waals surface area contributed by atoms with Crippen LogP contribution in [0.2, 0.25) is 0 Å². The molecule has 17 unspecified atom stereocenters. The molecule has 0 aromatic carbocycles. The summed E-state index contributed by atoms with van der Waals surface area (Å²) < 4.78 is 37.0. The van der Waals surface area contributed by atoms with Crippen LogP contribution in [0, 0.1) is 23.7 Å². The first kappa shape index (κ1) is 40.8. The molecule has 4 N–H and O–H groups in total. The van der Waals surface area contributed by atoms with Gasteiger partial charge in [0.1, 0.15) is 23.9 Å². The number of carbonyl (C=O) groups excluding carboxylic acids is 2. The van der Waals surface area contributed by atoms with Gasteiger partial charge in [0.25, 0.3) is 0 Å². The minimum atomic E-state index is -1.23. The molecule has 3 saturated heterocycles. The van der Waals surface area contributed by atoms with Gasteiger partial charge in [0, 0.05) is 30.1 Å². The van der Waals surface area contributed by atoms with Gasteiger partial charge in [0.2, 0.25) is 0 Å². The van der Waals surface area contributed by atoms with Crippen LogP contribution in [-0.2, 0) is 38.0 Å². The van der Waals surface area contributed by atoms with E-state index in [0.29, 0.717) is 19.3 Å². The van der Waals surface area contributed by atoms with Crippen molar-refractivity contribution in [3.63, 3.8) is 0 Å². The zero-order valence-corrected chi connectivity index (χ0v) is 31.1. The second-order valence-corrected chi connectivity index (χ2v) is 15.3. The summed E-state index contributed by atoms with van der Waals surface area (Å²) in [4.78, 5) is 28.4. The largest absolute Gasteiger partial charge is 0.516 e. The number of aliphatic hydroxyl groups is 4. The third-order valence-corrected chi connectivity index (χ3v) is 11.2. The monoisotopic (exact) mass is 711 g/mol. The van der Waals surface area contributed by atoms with Crippen molar-refractivity contribution in [1.29, 1.82) is 0 Å². The molecule has 17 atom stereocenters. The van der Waals surface area contributed by atoms with Crippen LogP contribution < -0.4 is 0 Å². The molecule has 13 nitrogen and oxygen atoms in total. The molecule has 50 heavy (non-hydrogen) atoms. The molecule has 0 aromatic rings. The summed E-state index contributed by atoms with van der Waals surface area (Å²) in [5.41, 5.74) is -0.673. The quantitative estimate of drug-likeness (QED) is 0.172. The Balaban J connectivity index is 1.62. The number of ether oxygens (including phenoxy) is 6. The van der Waals surface area contributed by atoms with E-state index in [-0.39, 0.29) is 30.6 Å². The fourth-order valence-electron chi connectivity index (χ4n) is 7.81. The van der Waals surface area contributed by atoms with Crippen molar-refractivity contribution < 1.29 is 58.4 Å². The molecular formula is C37H61NO12. The summed E-state index contributed by atoms with van der Waals surface area (Å²) in [7, 11) is 3.63. The van der Waals surface area contributed by atoms with Crippen LogP contribution in [0.25, 0.3) is 0 Å². The number of aliphatic hydroxyl groups excluding tert-OH is 4. The first-order valence-corrected chi connectivity index (χ1v) is 18.2. The number of likely N-dealkylation sites (N-methyl/N-ethyl adjacent to an activating group) is 1. The number of ketones is 1. The molecular weight excluding hydrogens is 650 g/mol. The zero-order valence-electron chi connectivity index (χ0n) is 31.1. The van der Waals surface area contributed by atoms with Gasteiger partial charge in [-0.2, -0.15) is 0 Å². The van der Waals surface area contributed by atoms with E-state index in [1.807, 2.05) is 46.7 Å². The molecule has 0 saturated carbocycles. The van der Waals surface area contributed by atoms with E-state index in [1.165, 1.54) is 12.2 Å². The maximum atomic E-state index is 13.4. The second kappa shape index (κ2) is 17.3. The van der Waals surface area contributed by atoms with Gasteiger partial charge in [-0.15, -0.1) is 0 Å². The van der Waals surface area contributed by atoms with Crippen molar-refractivity contribution in [2.45, 2.75) is 160 Å². The summed E-state index contributed by atoms with van der Waals surface area (Å²) in [5, 5.41) is 43.4. The number of cyclic esters (lactones) is 1. The average molecular weight is 712 g/mol. The molecule has 4 heterocycles. The normalized spacial score (nSPS) is 46.9. The van der Waals surface area contributed by atoms with Gasteiger partial charge in [-0.05, 0) is 72.4 Å². The Labute approximate surface area is 296 Å². The molecule has 3 fully saturated rings. The molecule has 4 aliphatic heterocycles. The number of esters is 1. The predicted octanol–water partition coefficient (Wildman–Crippen LogP) is 3.03. The van der Waals surface area contributed by atoms with Crippen LogP contribution >= 0.6 is 0 Å². The van der Waals surface area contributed by atoms with Crippen LogP contribution in [0.5, 0.6) is 0 Å². The van der Waals surface area contributed by atoms with Gasteiger partial charge in [-0.25, -0.2) is 0 Å². The lowest BCUT2D eigenvalue weighted by molar-refractivity contribution is -0.331. The van der Waals surface area contributed by atoms with Crippen LogP contribution in [0.1, 0.15) is 80.6 Å². The second-order valence-electron chi connectivity index (χ2n) is 15.3. The van der Waals surface area contributed by atoms with E-state index in [2.05, 4.69) is 0 Å². The molecule has 0 aliphatic carbocycles. The molecule has 0 bridgehead atoms. The van der Waals surface area contributed by atoms with Crippen molar-refractivity contribution in [3.05, 3.63) is 24.5 Å². The van der Waals surface area contributed by atoms with Gasteiger partial charge < -0.3 is 53.7 Å². The minimum absolute atomic E-state index is 0.135. The van der Waals surface area contributed by atoms with Gasteiger partial charge in [0.15, 0.2) is 18.4 Å². The maximum Gasteiger partial charge on any atom is 0.308 e. The van der Waals surface area contributed by atoms with Crippen molar-refractivity contribution in [3.8, 4) is 0 Å². The number of nitrogens with zero attached hydrogens (tertiary/aromatic N) is 1. The number of allylic oxidation sites excluding steroid dienone is 1. The summed E-state index contributed by atoms with van der Waals surface area (Å²) in [5.74, 6) is -2.72. The number of carbonyl (C=O) groups is 2. The van der Waals surface area contributed by atoms with Gasteiger partial charge in [-0.1, -0.05) is 27.7 Å². The molecule has 13 heteroatoms. The van der Waals surface area contributed by atoms with E-state index in [1.54, 1.807) is 26.8 Å². The highest BCUT2D eigenvalue weighted by Crippen LogP contribution is 2.45.